The zero-order valence-corrected chi connectivity index (χ0v) is 54.2. The molecule has 5 N–H and O–H groups in total. The standard InChI is InChI=1S/C67H102N6O16/c1-44(2)55(41-53(76)18-11-10-12-34-73-58(78)28-29-59(73)79)63(80)70-56(19-14-31-69-64(68)81)57(77)40-50-21-23-51(24-22-50)43-87-66(83)72-33-15-32-71(35-36-72)65(82)86-39-38-85-37-30-52(75)25-27-54-26-20-47(5)60(88-54)46(4)17-13-16-45(3)42-67(8)62(89-67)48(6)61(84-9)49(7)74/h13,16-17,21-24,28-29,44-45,47-49,54-56,60-62,74H,10-12,14-15,18-20,25-27,30-43H2,1-9H3,(H,70,80)(H3,68,69,81)/b16-13+,46-17+/t45-,47+,48-,49-,54-,55+,56+,60-,61-,62-,67-/m1/s1. The summed E-state index contributed by atoms with van der Waals surface area (Å²) >= 11 is 0. The maximum atomic E-state index is 13.8. The van der Waals surface area contributed by atoms with Crippen molar-refractivity contribution < 1.29 is 76.7 Å². The van der Waals surface area contributed by atoms with Gasteiger partial charge in [0.05, 0.1) is 55.4 Å². The molecule has 4 heterocycles. The normalized spacial score (nSPS) is 22.5. The predicted molar refractivity (Wildman–Crippen MR) is 334 cm³/mol. The number of hydrogen-bond donors (Lipinski definition) is 4. The number of nitrogens with two attached hydrogens (primary N) is 1. The van der Waals surface area contributed by atoms with Crippen molar-refractivity contribution in [2.24, 2.45) is 35.3 Å². The van der Waals surface area contributed by atoms with E-state index < -0.39 is 42.2 Å². The Morgan fingerprint density at radius 2 is 1.51 bits per heavy atom. The van der Waals surface area contributed by atoms with Crippen LogP contribution in [-0.4, -0.2) is 181 Å². The van der Waals surface area contributed by atoms with Crippen molar-refractivity contribution in [3.8, 4) is 0 Å². The summed E-state index contributed by atoms with van der Waals surface area (Å²) in [6.45, 7) is 18.2. The number of hydrogen-bond acceptors (Lipinski definition) is 16. The molecule has 0 saturated carbocycles. The third kappa shape index (κ3) is 24.8. The van der Waals surface area contributed by atoms with Gasteiger partial charge in [0.2, 0.25) is 5.91 Å². The van der Waals surface area contributed by atoms with Crippen LogP contribution in [0, 0.1) is 29.6 Å². The van der Waals surface area contributed by atoms with Crippen molar-refractivity contribution in [2.75, 3.05) is 66.2 Å². The average molecular weight is 1250 g/mol. The van der Waals surface area contributed by atoms with E-state index in [2.05, 4.69) is 63.5 Å². The Balaban J connectivity index is 0.946. The van der Waals surface area contributed by atoms with E-state index in [4.69, 9.17) is 34.2 Å². The number of imide groups is 1. The third-order valence-corrected chi connectivity index (χ3v) is 17.5. The molecule has 3 fully saturated rings. The summed E-state index contributed by atoms with van der Waals surface area (Å²) in [6, 6.07) is 5.37. The Hall–Kier alpha value is -6.33. The number of aliphatic hydroxyl groups is 1. The van der Waals surface area contributed by atoms with Crippen LogP contribution in [-0.2, 0) is 70.2 Å². The number of carbonyl (C=O) groups is 9. The van der Waals surface area contributed by atoms with E-state index in [1.807, 2.05) is 13.8 Å². The average Bonchev–Trinajstić information content (AvgIpc) is 1.61. The molecule has 0 aliphatic carbocycles. The molecule has 11 atom stereocenters. The van der Waals surface area contributed by atoms with Crippen LogP contribution < -0.4 is 16.4 Å². The molecule has 1 aromatic rings. The molecule has 5 rings (SSSR count). The van der Waals surface area contributed by atoms with Crippen LogP contribution in [0.1, 0.15) is 156 Å². The lowest BCUT2D eigenvalue weighted by Crippen LogP contribution is -2.46. The number of urea groups is 1. The number of methoxy groups -OCH3 is 1. The molecule has 7 amide bonds. The van der Waals surface area contributed by atoms with Gasteiger partial charge in [-0.15, -0.1) is 0 Å². The van der Waals surface area contributed by atoms with Crippen molar-refractivity contribution >= 4 is 53.3 Å². The van der Waals surface area contributed by atoms with Crippen LogP contribution in [0.5, 0.6) is 0 Å². The summed E-state index contributed by atoms with van der Waals surface area (Å²) in [4.78, 5) is 119. The van der Waals surface area contributed by atoms with Crippen LogP contribution >= 0.6 is 0 Å². The number of unbranched alkanes of at least 4 members (excludes halogenated alkanes) is 2. The van der Waals surface area contributed by atoms with E-state index >= 15 is 0 Å². The Bertz CT molecular complexity index is 2590. The number of benzene rings is 1. The fourth-order valence-corrected chi connectivity index (χ4v) is 12.2. The van der Waals surface area contributed by atoms with Crippen LogP contribution in [0.2, 0.25) is 0 Å². The lowest BCUT2D eigenvalue weighted by atomic mass is 9.85. The number of rotatable bonds is 38. The van der Waals surface area contributed by atoms with E-state index in [0.717, 1.165) is 29.7 Å². The van der Waals surface area contributed by atoms with Gasteiger partial charge in [-0.1, -0.05) is 83.5 Å². The van der Waals surface area contributed by atoms with Crippen LogP contribution in [0.25, 0.3) is 0 Å². The molecule has 0 bridgehead atoms. The number of ketones is 3. The van der Waals surface area contributed by atoms with Gasteiger partial charge in [-0.2, -0.15) is 0 Å². The molecule has 496 valence electrons. The number of carbonyl (C=O) groups excluding carboxylic acids is 9. The van der Waals surface area contributed by atoms with Crippen molar-refractivity contribution in [2.45, 2.75) is 200 Å². The first-order valence-corrected chi connectivity index (χ1v) is 32.2. The molecule has 0 spiro atoms. The molecular weight excluding hydrogens is 1140 g/mol. The lowest BCUT2D eigenvalue weighted by molar-refractivity contribution is -0.137. The fourth-order valence-electron chi connectivity index (χ4n) is 12.2. The summed E-state index contributed by atoms with van der Waals surface area (Å²) in [5.41, 5.74) is 7.48. The summed E-state index contributed by atoms with van der Waals surface area (Å²) in [5.74, 6) is -1.57. The molecular formula is C67H102N6O16. The van der Waals surface area contributed by atoms with Gasteiger partial charge in [-0.25, -0.2) is 14.4 Å². The molecule has 22 heteroatoms. The second-order valence-corrected chi connectivity index (χ2v) is 25.3. The molecule has 0 aromatic heterocycles. The monoisotopic (exact) mass is 1250 g/mol. The molecule has 1 aromatic carbocycles. The van der Waals surface area contributed by atoms with Gasteiger partial charge in [-0.05, 0) is 113 Å². The number of epoxide rings is 1. The van der Waals surface area contributed by atoms with Gasteiger partial charge in [0.1, 0.15) is 24.8 Å². The zero-order valence-electron chi connectivity index (χ0n) is 54.2. The highest BCUT2D eigenvalue weighted by atomic mass is 16.6. The molecule has 0 unspecified atom stereocenters. The van der Waals surface area contributed by atoms with Crippen molar-refractivity contribution in [3.05, 3.63) is 71.3 Å². The van der Waals surface area contributed by atoms with Gasteiger partial charge < -0.3 is 59.7 Å². The van der Waals surface area contributed by atoms with Gasteiger partial charge >= 0.3 is 18.2 Å². The lowest BCUT2D eigenvalue weighted by Gasteiger charge is -2.35. The first kappa shape index (κ1) is 73.4. The van der Waals surface area contributed by atoms with Gasteiger partial charge in [0, 0.05) is 102 Å². The molecule has 3 saturated heterocycles. The van der Waals surface area contributed by atoms with E-state index in [-0.39, 0.29) is 162 Å². The fraction of sp³-hybridized carbons (Fsp3) is 0.687. The van der Waals surface area contributed by atoms with Crippen LogP contribution in [0.15, 0.2) is 60.2 Å². The van der Waals surface area contributed by atoms with Gasteiger partial charge in [0.15, 0.2) is 5.78 Å². The van der Waals surface area contributed by atoms with E-state index in [9.17, 15) is 48.3 Å². The highest BCUT2D eigenvalue weighted by Crippen LogP contribution is 2.47. The number of nitrogens with zero attached hydrogens (tertiary/aromatic N) is 3. The highest BCUT2D eigenvalue weighted by molar-refractivity contribution is 6.12. The molecule has 89 heavy (non-hydrogen) atoms. The maximum Gasteiger partial charge on any atom is 0.410 e. The molecule has 22 nitrogen and oxygen atoms in total. The van der Waals surface area contributed by atoms with E-state index in [1.54, 1.807) is 48.1 Å². The minimum absolute atomic E-state index is 0.00552. The number of aliphatic hydroxyl groups excluding tert-OH is 1. The largest absolute Gasteiger partial charge is 0.447 e. The van der Waals surface area contributed by atoms with Gasteiger partial charge in [-0.3, -0.25) is 33.7 Å². The zero-order chi connectivity index (χ0) is 65.2. The van der Waals surface area contributed by atoms with Crippen LogP contribution in [0.3, 0.4) is 0 Å². The Morgan fingerprint density at radius 3 is 2.16 bits per heavy atom. The second kappa shape index (κ2) is 37.1. The molecule has 0 radical (unpaired) electrons. The number of primary amides is 1. The first-order valence-electron chi connectivity index (χ1n) is 32.2. The maximum absolute atomic E-state index is 13.8. The Labute approximate surface area is 526 Å². The van der Waals surface area contributed by atoms with Gasteiger partial charge in [0.25, 0.3) is 11.8 Å². The van der Waals surface area contributed by atoms with Crippen molar-refractivity contribution in [3.63, 3.8) is 0 Å². The minimum atomic E-state index is -0.911. The summed E-state index contributed by atoms with van der Waals surface area (Å²) in [7, 11) is 1.63. The summed E-state index contributed by atoms with van der Waals surface area (Å²) < 4.78 is 35.0. The SMILES string of the molecule is CO[C@H]([C@@H](C)[C@H]1O[C@]1(C)C[C@H](C)/C=C/C=C(\C)[C@H]1O[C@@H](CCC(=O)CCOCCOC(=O)N2CCCN(C(=O)OCc3ccc(CC(=O)[C@H](CCCNC(N)=O)NC(=O)[C@@H](CC(=O)CCCCCN4C(=O)C=CC4=O)C(C)C)cc3)CC2)CC[C@@H]1C)[C@@H](C)O. The topological polar surface area (TPSA) is 292 Å². The first-order chi connectivity index (χ1) is 42.4. The molecule has 4 aliphatic rings. The second-order valence-electron chi connectivity index (χ2n) is 25.3. The number of nitrogens with one attached hydrogen (secondary N) is 2. The third-order valence-electron chi connectivity index (χ3n) is 17.5. The van der Waals surface area contributed by atoms with Crippen molar-refractivity contribution in [1.82, 2.24) is 25.3 Å². The Kier molecular flexibility index (Phi) is 30.6. The smallest absolute Gasteiger partial charge is 0.410 e. The summed E-state index contributed by atoms with van der Waals surface area (Å²) in [6.07, 6.45) is 14.1. The van der Waals surface area contributed by atoms with Crippen LogP contribution in [0.4, 0.5) is 14.4 Å². The van der Waals surface area contributed by atoms with Crippen molar-refractivity contribution in [1.29, 1.82) is 0 Å². The number of ether oxygens (including phenoxy) is 6. The number of Topliss-reactive ketones (excluding diaryl/α,β-unsaturated/α-hetero) is 3. The number of allylic oxidation sites excluding steroid dienone is 3. The van der Waals surface area contributed by atoms with E-state index in [0.29, 0.717) is 75.1 Å². The summed E-state index contributed by atoms with van der Waals surface area (Å²) in [5, 5.41) is 15.5. The molecule has 4 aliphatic heterocycles. The highest BCUT2D eigenvalue weighted by Gasteiger charge is 2.57. The quantitative estimate of drug-likeness (QED) is 0.0212. The predicted octanol–water partition coefficient (Wildman–Crippen LogP) is 7.89. The van der Waals surface area contributed by atoms with E-state index in [1.165, 1.54) is 12.2 Å². The number of amides is 7. The Morgan fingerprint density at radius 1 is 0.831 bits per heavy atom. The minimum Gasteiger partial charge on any atom is -0.447 e.